The van der Waals surface area contributed by atoms with Crippen molar-refractivity contribution in [1.29, 1.82) is 0 Å². The minimum absolute atomic E-state index is 0.176. The van der Waals surface area contributed by atoms with Gasteiger partial charge < -0.3 is 10.2 Å². The van der Waals surface area contributed by atoms with E-state index in [1.54, 1.807) is 30.3 Å². The molecule has 0 radical (unpaired) electrons. The van der Waals surface area contributed by atoms with Gasteiger partial charge in [0, 0.05) is 27.5 Å². The summed E-state index contributed by atoms with van der Waals surface area (Å²) in [6, 6.07) is 24.3. The van der Waals surface area contributed by atoms with E-state index in [2.05, 4.69) is 33.6 Å². The van der Waals surface area contributed by atoms with Gasteiger partial charge in [-0.1, -0.05) is 36.0 Å². The number of rotatable bonds is 2. The number of aromatic nitrogens is 2. The average molecular weight is 468 g/mol. The Hall–Kier alpha value is -5.46. The van der Waals surface area contributed by atoms with Crippen molar-refractivity contribution in [1.82, 2.24) is 9.97 Å². The highest BCUT2D eigenvalue weighted by Gasteiger charge is 2.05. The lowest BCUT2D eigenvalue weighted by Crippen LogP contribution is -1.95. The lowest BCUT2D eigenvalue weighted by molar-refractivity contribution is 0.0686. The van der Waals surface area contributed by atoms with E-state index >= 15 is 0 Å². The lowest BCUT2D eigenvalue weighted by Gasteiger charge is -2.02. The quantitative estimate of drug-likeness (QED) is 0.280. The van der Waals surface area contributed by atoms with Crippen LogP contribution in [0.1, 0.15) is 43.1 Å². The molecule has 170 valence electrons. The Bertz CT molecular complexity index is 1690. The van der Waals surface area contributed by atoms with Crippen LogP contribution >= 0.6 is 0 Å². The molecular formula is C30H16N2O4. The van der Waals surface area contributed by atoms with Crippen molar-refractivity contribution in [3.63, 3.8) is 0 Å². The van der Waals surface area contributed by atoms with Gasteiger partial charge in [0.2, 0.25) is 0 Å². The van der Waals surface area contributed by atoms with E-state index in [4.69, 9.17) is 10.2 Å². The van der Waals surface area contributed by atoms with Gasteiger partial charge in [-0.15, -0.1) is 0 Å². The fourth-order valence-corrected chi connectivity index (χ4v) is 3.59. The zero-order valence-electron chi connectivity index (χ0n) is 18.7. The van der Waals surface area contributed by atoms with Crippen molar-refractivity contribution in [2.24, 2.45) is 0 Å². The normalized spacial score (nSPS) is 10.2. The molecule has 2 N–H and O–H groups in total. The Morgan fingerprint density at radius 3 is 1.81 bits per heavy atom. The lowest BCUT2D eigenvalue weighted by atomic mass is 10.1. The largest absolute Gasteiger partial charge is 0.478 e. The first kappa shape index (κ1) is 22.3. The molecule has 0 fully saturated rings. The summed E-state index contributed by atoms with van der Waals surface area (Å²) in [7, 11) is 0. The molecule has 2 heterocycles. The Morgan fingerprint density at radius 2 is 1.17 bits per heavy atom. The summed E-state index contributed by atoms with van der Waals surface area (Å²) in [6.07, 6.45) is 0. The third-order valence-electron chi connectivity index (χ3n) is 5.38. The zero-order chi connectivity index (χ0) is 25.1. The minimum Gasteiger partial charge on any atom is -0.478 e. The summed E-state index contributed by atoms with van der Waals surface area (Å²) in [4.78, 5) is 31.6. The summed E-state index contributed by atoms with van der Waals surface area (Å²) in [5, 5.41) is 20.1. The molecule has 0 spiro atoms. The number of nitrogens with zero attached hydrogens (tertiary/aromatic N) is 2. The molecule has 0 bridgehead atoms. The standard InChI is InChI=1S/C30H16N2O4/c33-29(34)24-5-1-3-19(15-24)7-8-21-9-11-22-18-23-12-14-26(31-28(23)32-27(22)17-21)13-10-20-4-2-6-25(16-20)30(35)36/h1-6,9,11-12,14-18H,(H,33,34)(H,35,36). The van der Waals surface area contributed by atoms with Crippen LogP contribution in [0.3, 0.4) is 0 Å². The molecule has 2 aromatic heterocycles. The van der Waals surface area contributed by atoms with Gasteiger partial charge >= 0.3 is 11.9 Å². The van der Waals surface area contributed by atoms with E-state index in [1.165, 1.54) is 24.3 Å². The Kier molecular flexibility index (Phi) is 5.85. The molecule has 0 aliphatic rings. The molecule has 0 saturated carbocycles. The molecule has 36 heavy (non-hydrogen) atoms. The predicted octanol–water partition coefficient (Wildman–Crippen LogP) is 4.98. The zero-order valence-corrected chi connectivity index (χ0v) is 18.7. The number of carbonyl (C=O) groups is 2. The first-order valence-electron chi connectivity index (χ1n) is 10.9. The summed E-state index contributed by atoms with van der Waals surface area (Å²) in [5.74, 6) is 9.99. The smallest absolute Gasteiger partial charge is 0.335 e. The monoisotopic (exact) mass is 468 g/mol. The molecule has 0 aliphatic heterocycles. The van der Waals surface area contributed by atoms with Crippen molar-refractivity contribution >= 4 is 33.9 Å². The number of hydrogen-bond acceptors (Lipinski definition) is 4. The number of aromatic carboxylic acids is 2. The second kappa shape index (κ2) is 9.42. The average Bonchev–Trinajstić information content (AvgIpc) is 2.89. The molecule has 0 amide bonds. The van der Waals surface area contributed by atoms with E-state index in [0.717, 1.165) is 21.9 Å². The van der Waals surface area contributed by atoms with Gasteiger partial charge in [0.1, 0.15) is 5.69 Å². The van der Waals surface area contributed by atoms with Crippen LogP contribution in [0.4, 0.5) is 0 Å². The molecule has 0 saturated heterocycles. The summed E-state index contributed by atoms with van der Waals surface area (Å²) in [6.45, 7) is 0. The van der Waals surface area contributed by atoms with Crippen LogP contribution in [0.2, 0.25) is 0 Å². The van der Waals surface area contributed by atoms with Crippen molar-refractivity contribution in [3.8, 4) is 23.7 Å². The molecule has 5 rings (SSSR count). The van der Waals surface area contributed by atoms with Crippen LogP contribution in [0, 0.1) is 23.7 Å². The van der Waals surface area contributed by atoms with E-state index in [-0.39, 0.29) is 11.1 Å². The minimum atomic E-state index is -1.00. The summed E-state index contributed by atoms with van der Waals surface area (Å²) >= 11 is 0. The number of benzene rings is 3. The van der Waals surface area contributed by atoms with Crippen LogP contribution < -0.4 is 0 Å². The van der Waals surface area contributed by atoms with Gasteiger partial charge in [-0.3, -0.25) is 0 Å². The number of carboxylic acids is 2. The van der Waals surface area contributed by atoms with E-state index in [1.807, 2.05) is 30.3 Å². The predicted molar refractivity (Wildman–Crippen MR) is 136 cm³/mol. The molecule has 6 heteroatoms. The fourth-order valence-electron chi connectivity index (χ4n) is 3.59. The van der Waals surface area contributed by atoms with Crippen molar-refractivity contribution < 1.29 is 19.8 Å². The van der Waals surface area contributed by atoms with Crippen LogP contribution in [0.5, 0.6) is 0 Å². The Morgan fingerprint density at radius 1 is 0.583 bits per heavy atom. The molecule has 0 atom stereocenters. The maximum atomic E-state index is 11.2. The van der Waals surface area contributed by atoms with E-state index in [0.29, 0.717) is 22.5 Å². The van der Waals surface area contributed by atoms with Gasteiger partial charge in [-0.25, -0.2) is 19.6 Å². The van der Waals surface area contributed by atoms with Crippen molar-refractivity contribution in [3.05, 3.63) is 118 Å². The van der Waals surface area contributed by atoms with Crippen LogP contribution in [-0.2, 0) is 0 Å². The highest BCUT2D eigenvalue weighted by atomic mass is 16.4. The number of carboxylic acid groups (broad SMARTS) is 2. The highest BCUT2D eigenvalue weighted by molar-refractivity contribution is 5.92. The van der Waals surface area contributed by atoms with Crippen molar-refractivity contribution in [2.45, 2.75) is 0 Å². The van der Waals surface area contributed by atoms with Crippen LogP contribution in [0.25, 0.3) is 21.9 Å². The van der Waals surface area contributed by atoms with Crippen molar-refractivity contribution in [2.75, 3.05) is 0 Å². The maximum Gasteiger partial charge on any atom is 0.335 e. The van der Waals surface area contributed by atoms with Gasteiger partial charge in [-0.05, 0) is 72.7 Å². The van der Waals surface area contributed by atoms with Gasteiger partial charge in [0.25, 0.3) is 0 Å². The molecule has 0 aliphatic carbocycles. The van der Waals surface area contributed by atoms with E-state index < -0.39 is 11.9 Å². The molecule has 0 unspecified atom stereocenters. The molecule has 5 aromatic rings. The number of pyridine rings is 2. The number of fused-ring (bicyclic) bond motifs is 2. The molecular weight excluding hydrogens is 452 g/mol. The Labute approximate surface area is 205 Å². The fraction of sp³-hybridized carbons (Fsp3) is 0. The SMILES string of the molecule is O=C(O)c1cccc(C#Cc2ccc3cc4ccc(C#Cc5cccc(C(=O)O)c5)nc4nc3c2)c1. The first-order chi connectivity index (χ1) is 17.4. The van der Waals surface area contributed by atoms with Gasteiger partial charge in [0.05, 0.1) is 16.6 Å². The topological polar surface area (TPSA) is 100 Å². The highest BCUT2D eigenvalue weighted by Crippen LogP contribution is 2.20. The van der Waals surface area contributed by atoms with Crippen LogP contribution in [0.15, 0.2) is 84.9 Å². The second-order valence-electron chi connectivity index (χ2n) is 7.91. The molecule has 6 nitrogen and oxygen atoms in total. The van der Waals surface area contributed by atoms with Gasteiger partial charge in [0.15, 0.2) is 5.65 Å². The summed E-state index contributed by atoms with van der Waals surface area (Å²) in [5.41, 5.74) is 4.07. The van der Waals surface area contributed by atoms with Gasteiger partial charge in [-0.2, -0.15) is 0 Å². The summed E-state index contributed by atoms with van der Waals surface area (Å²) < 4.78 is 0. The maximum absolute atomic E-state index is 11.2. The third-order valence-corrected chi connectivity index (χ3v) is 5.38. The third kappa shape index (κ3) is 4.89. The Balaban J connectivity index is 1.47. The molecule has 3 aromatic carbocycles. The van der Waals surface area contributed by atoms with Crippen LogP contribution in [-0.4, -0.2) is 32.1 Å². The first-order valence-corrected chi connectivity index (χ1v) is 10.9. The second-order valence-corrected chi connectivity index (χ2v) is 7.91. The van der Waals surface area contributed by atoms with E-state index in [9.17, 15) is 9.59 Å². The number of hydrogen-bond donors (Lipinski definition) is 2.